The largest absolute Gasteiger partial charge is 0.450 e. The summed E-state index contributed by atoms with van der Waals surface area (Å²) in [6, 6.07) is 7.91. The number of nitrogens with zero attached hydrogens (tertiary/aromatic N) is 3. The highest BCUT2D eigenvalue weighted by atomic mass is 16.6. The van der Waals surface area contributed by atoms with Crippen molar-refractivity contribution >= 4 is 22.9 Å². The summed E-state index contributed by atoms with van der Waals surface area (Å²) in [5, 5.41) is 0.969. The lowest BCUT2D eigenvalue weighted by Crippen LogP contribution is -2.37. The molecule has 1 aliphatic heterocycles. The maximum atomic E-state index is 13.0. The van der Waals surface area contributed by atoms with Crippen LogP contribution in [0.5, 0.6) is 0 Å². The first kappa shape index (κ1) is 16.4. The molecule has 0 radical (unpaired) electrons. The van der Waals surface area contributed by atoms with Gasteiger partial charge in [-0.25, -0.2) is 4.79 Å². The van der Waals surface area contributed by atoms with E-state index < -0.39 is 0 Å². The molecule has 0 saturated carbocycles. The van der Waals surface area contributed by atoms with E-state index in [0.29, 0.717) is 32.8 Å². The Morgan fingerprint density at radius 3 is 2.58 bits per heavy atom. The van der Waals surface area contributed by atoms with E-state index >= 15 is 0 Å². The van der Waals surface area contributed by atoms with Gasteiger partial charge in [-0.1, -0.05) is 18.2 Å². The Kier molecular flexibility index (Phi) is 4.74. The second-order valence-electron chi connectivity index (χ2n) is 6.00. The van der Waals surface area contributed by atoms with Crippen LogP contribution in [-0.4, -0.2) is 59.2 Å². The number of carbonyl (C=O) groups excluding carboxylic acids is 2. The van der Waals surface area contributed by atoms with Crippen LogP contribution < -0.4 is 0 Å². The number of aromatic nitrogens is 1. The monoisotopic (exact) mass is 329 g/mol. The number of rotatable bonds is 2. The molecule has 1 aliphatic rings. The molecule has 2 heterocycles. The molecule has 2 aromatic rings. The van der Waals surface area contributed by atoms with E-state index in [2.05, 4.69) is 0 Å². The molecule has 0 bridgehead atoms. The highest BCUT2D eigenvalue weighted by Gasteiger charge is 2.25. The zero-order chi connectivity index (χ0) is 17.1. The topological polar surface area (TPSA) is 54.8 Å². The van der Waals surface area contributed by atoms with Gasteiger partial charge in [-0.2, -0.15) is 0 Å². The fourth-order valence-corrected chi connectivity index (χ4v) is 3.20. The Hall–Kier alpha value is -2.50. The molecule has 0 N–H and O–H groups in total. The minimum atomic E-state index is -0.294. The van der Waals surface area contributed by atoms with Crippen LogP contribution >= 0.6 is 0 Å². The average molecular weight is 329 g/mol. The van der Waals surface area contributed by atoms with Gasteiger partial charge in [0.1, 0.15) is 0 Å². The quantitative estimate of drug-likeness (QED) is 0.850. The average Bonchev–Trinajstić information content (AvgIpc) is 2.77. The van der Waals surface area contributed by atoms with Crippen LogP contribution in [0.3, 0.4) is 0 Å². The second kappa shape index (κ2) is 6.95. The number of benzene rings is 1. The van der Waals surface area contributed by atoms with Gasteiger partial charge in [0.05, 0.1) is 12.2 Å². The lowest BCUT2D eigenvalue weighted by molar-refractivity contribution is 0.0755. The number of ether oxygens (including phenoxy) is 1. The number of carbonyl (C=O) groups is 2. The van der Waals surface area contributed by atoms with Crippen LogP contribution in [-0.2, 0) is 11.8 Å². The van der Waals surface area contributed by atoms with Gasteiger partial charge in [0.15, 0.2) is 0 Å². The van der Waals surface area contributed by atoms with Crippen molar-refractivity contribution in [1.82, 2.24) is 14.4 Å². The first-order chi connectivity index (χ1) is 11.6. The zero-order valence-corrected chi connectivity index (χ0v) is 14.2. The minimum Gasteiger partial charge on any atom is -0.450 e. The molecule has 6 nitrogen and oxygen atoms in total. The Morgan fingerprint density at radius 1 is 1.08 bits per heavy atom. The Bertz CT molecular complexity index is 753. The molecule has 3 rings (SSSR count). The minimum absolute atomic E-state index is 0.0255. The van der Waals surface area contributed by atoms with Crippen LogP contribution in [0.25, 0.3) is 10.9 Å². The van der Waals surface area contributed by atoms with E-state index in [-0.39, 0.29) is 12.0 Å². The predicted octanol–water partition coefficient (Wildman–Crippen LogP) is 2.48. The normalized spacial score (nSPS) is 15.4. The Balaban J connectivity index is 1.76. The van der Waals surface area contributed by atoms with Crippen molar-refractivity contribution in [3.05, 3.63) is 36.0 Å². The number of aryl methyl sites for hydroxylation is 1. The summed E-state index contributed by atoms with van der Waals surface area (Å²) < 4.78 is 7.04. The molecule has 0 aliphatic carbocycles. The molecule has 0 atom stereocenters. The van der Waals surface area contributed by atoms with Crippen LogP contribution in [0.2, 0.25) is 0 Å². The molecule has 128 valence electrons. The van der Waals surface area contributed by atoms with Gasteiger partial charge in [0, 0.05) is 50.3 Å². The van der Waals surface area contributed by atoms with E-state index in [0.717, 1.165) is 22.9 Å². The van der Waals surface area contributed by atoms with E-state index in [1.807, 2.05) is 47.0 Å². The Morgan fingerprint density at radius 2 is 1.79 bits per heavy atom. The molecule has 1 fully saturated rings. The van der Waals surface area contributed by atoms with E-state index in [4.69, 9.17) is 4.74 Å². The maximum Gasteiger partial charge on any atom is 0.409 e. The van der Waals surface area contributed by atoms with Gasteiger partial charge in [0.25, 0.3) is 5.91 Å². The van der Waals surface area contributed by atoms with Crippen molar-refractivity contribution in [2.24, 2.45) is 7.05 Å². The fourth-order valence-electron chi connectivity index (χ4n) is 3.20. The molecule has 2 amide bonds. The molecule has 1 saturated heterocycles. The highest BCUT2D eigenvalue weighted by molar-refractivity contribution is 6.07. The summed E-state index contributed by atoms with van der Waals surface area (Å²) in [5.41, 5.74) is 1.77. The van der Waals surface area contributed by atoms with Crippen molar-refractivity contribution in [3.63, 3.8) is 0 Å². The molecule has 24 heavy (non-hydrogen) atoms. The number of fused-ring (bicyclic) bond motifs is 1. The predicted molar refractivity (Wildman–Crippen MR) is 92.0 cm³/mol. The van der Waals surface area contributed by atoms with Gasteiger partial charge >= 0.3 is 6.09 Å². The number of para-hydroxylation sites is 1. The molecule has 1 aromatic carbocycles. The van der Waals surface area contributed by atoms with Crippen LogP contribution in [0, 0.1) is 0 Å². The van der Waals surface area contributed by atoms with Crippen molar-refractivity contribution < 1.29 is 14.3 Å². The number of hydrogen-bond acceptors (Lipinski definition) is 3. The molecular weight excluding hydrogens is 306 g/mol. The van der Waals surface area contributed by atoms with E-state index in [1.54, 1.807) is 11.8 Å². The van der Waals surface area contributed by atoms with Crippen molar-refractivity contribution in [2.75, 3.05) is 32.8 Å². The third-order valence-corrected chi connectivity index (χ3v) is 4.44. The summed E-state index contributed by atoms with van der Waals surface area (Å²) in [6.07, 6.45) is 2.35. The first-order valence-electron chi connectivity index (χ1n) is 8.37. The summed E-state index contributed by atoms with van der Waals surface area (Å²) in [7, 11) is 1.95. The van der Waals surface area contributed by atoms with Gasteiger partial charge in [-0.15, -0.1) is 0 Å². The molecule has 1 aromatic heterocycles. The zero-order valence-electron chi connectivity index (χ0n) is 14.2. The third-order valence-electron chi connectivity index (χ3n) is 4.44. The standard InChI is InChI=1S/C18H23N3O3/c1-3-24-18(23)21-10-6-9-20(11-12-21)17(22)15-13-19(2)16-8-5-4-7-14(15)16/h4-5,7-8,13H,3,6,9-12H2,1-2H3. The SMILES string of the molecule is CCOC(=O)N1CCCN(C(=O)c2cn(C)c3ccccc23)CC1. The third kappa shape index (κ3) is 3.09. The molecule has 6 heteroatoms. The maximum absolute atomic E-state index is 13.0. The van der Waals surface area contributed by atoms with Crippen molar-refractivity contribution in [1.29, 1.82) is 0 Å². The van der Waals surface area contributed by atoms with Crippen LogP contribution in [0.1, 0.15) is 23.7 Å². The first-order valence-corrected chi connectivity index (χ1v) is 8.37. The lowest BCUT2D eigenvalue weighted by Gasteiger charge is -2.21. The smallest absolute Gasteiger partial charge is 0.409 e. The van der Waals surface area contributed by atoms with Gasteiger partial charge in [-0.05, 0) is 19.4 Å². The molecule has 0 unspecified atom stereocenters. The van der Waals surface area contributed by atoms with E-state index in [1.165, 1.54) is 0 Å². The van der Waals surface area contributed by atoms with Crippen molar-refractivity contribution in [3.8, 4) is 0 Å². The molecular formula is C18H23N3O3. The van der Waals surface area contributed by atoms with Crippen LogP contribution in [0.15, 0.2) is 30.5 Å². The number of amides is 2. The van der Waals surface area contributed by atoms with Gasteiger partial charge in [0.2, 0.25) is 0 Å². The van der Waals surface area contributed by atoms with E-state index in [9.17, 15) is 9.59 Å². The summed E-state index contributed by atoms with van der Waals surface area (Å²) in [6.45, 7) is 4.48. The van der Waals surface area contributed by atoms with Gasteiger partial charge in [-0.3, -0.25) is 4.79 Å². The molecule has 0 spiro atoms. The lowest BCUT2D eigenvalue weighted by atomic mass is 10.1. The fraction of sp³-hybridized carbons (Fsp3) is 0.444. The summed E-state index contributed by atoms with van der Waals surface area (Å²) in [5.74, 6) is 0.0255. The Labute approximate surface area is 141 Å². The summed E-state index contributed by atoms with van der Waals surface area (Å²) >= 11 is 0. The highest BCUT2D eigenvalue weighted by Crippen LogP contribution is 2.22. The number of hydrogen-bond donors (Lipinski definition) is 0. The summed E-state index contributed by atoms with van der Waals surface area (Å²) in [4.78, 5) is 28.3. The van der Waals surface area contributed by atoms with Crippen molar-refractivity contribution in [2.45, 2.75) is 13.3 Å². The van der Waals surface area contributed by atoms with Gasteiger partial charge < -0.3 is 19.1 Å². The second-order valence-corrected chi connectivity index (χ2v) is 6.00. The van der Waals surface area contributed by atoms with Crippen LogP contribution in [0.4, 0.5) is 4.79 Å².